The highest BCUT2D eigenvalue weighted by atomic mass is 35.5. The first-order valence-electron chi connectivity index (χ1n) is 5.61. The summed E-state index contributed by atoms with van der Waals surface area (Å²) in [4.78, 5) is 10.1. The second-order valence-corrected chi connectivity index (χ2v) is 6.29. The molecular formula is C11H13ClN2O3S. The number of benzene rings is 1. The smallest absolute Gasteiger partial charge is 0.288 e. The number of anilines is 1. The predicted molar refractivity (Wildman–Crippen MR) is 72.6 cm³/mol. The standard InChI is InChI=1S/C11H13ClN2O3S/c12-10-7-9(1-2-11(10)14(15)16)13-8-3-5-18(17)6-4-8/h1-2,7-8,13H,3-6H2. The summed E-state index contributed by atoms with van der Waals surface area (Å²) in [6, 6.07) is 4.87. The zero-order valence-electron chi connectivity index (χ0n) is 9.60. The summed E-state index contributed by atoms with van der Waals surface area (Å²) in [6.45, 7) is 0. The van der Waals surface area contributed by atoms with Gasteiger partial charge >= 0.3 is 0 Å². The van der Waals surface area contributed by atoms with Crippen LogP contribution in [-0.2, 0) is 10.8 Å². The van der Waals surface area contributed by atoms with Crippen molar-refractivity contribution >= 4 is 33.8 Å². The van der Waals surface area contributed by atoms with Crippen LogP contribution in [0.2, 0.25) is 5.02 Å². The van der Waals surface area contributed by atoms with Crippen molar-refractivity contribution < 1.29 is 9.13 Å². The third kappa shape index (κ3) is 3.20. The van der Waals surface area contributed by atoms with Crippen molar-refractivity contribution in [3.05, 3.63) is 33.3 Å². The van der Waals surface area contributed by atoms with Crippen molar-refractivity contribution in [3.63, 3.8) is 0 Å². The van der Waals surface area contributed by atoms with Gasteiger partial charge in [-0.3, -0.25) is 14.3 Å². The van der Waals surface area contributed by atoms with E-state index in [1.807, 2.05) is 0 Å². The van der Waals surface area contributed by atoms with Crippen molar-refractivity contribution in [1.29, 1.82) is 0 Å². The number of nitro benzene ring substituents is 1. The molecule has 0 aliphatic carbocycles. The highest BCUT2D eigenvalue weighted by Crippen LogP contribution is 2.28. The zero-order valence-corrected chi connectivity index (χ0v) is 11.2. The molecule has 1 heterocycles. The maximum absolute atomic E-state index is 11.2. The molecule has 0 saturated carbocycles. The topological polar surface area (TPSA) is 72.2 Å². The summed E-state index contributed by atoms with van der Waals surface area (Å²) in [5.74, 6) is 1.41. The van der Waals surface area contributed by atoms with E-state index in [0.717, 1.165) is 18.5 Å². The van der Waals surface area contributed by atoms with Crippen LogP contribution in [0, 0.1) is 10.1 Å². The first-order valence-corrected chi connectivity index (χ1v) is 7.48. The number of hydrogen-bond donors (Lipinski definition) is 1. The molecule has 0 bridgehead atoms. The molecule has 1 aliphatic rings. The molecule has 7 heteroatoms. The number of nitro groups is 1. The summed E-state index contributed by atoms with van der Waals surface area (Å²) in [5, 5.41) is 14.0. The van der Waals surface area contributed by atoms with Crippen molar-refractivity contribution in [2.75, 3.05) is 16.8 Å². The van der Waals surface area contributed by atoms with Gasteiger partial charge < -0.3 is 5.32 Å². The van der Waals surface area contributed by atoms with Crippen LogP contribution in [-0.4, -0.2) is 26.7 Å². The van der Waals surface area contributed by atoms with Gasteiger partial charge in [-0.25, -0.2) is 0 Å². The van der Waals surface area contributed by atoms with Crippen molar-refractivity contribution in [1.82, 2.24) is 0 Å². The molecule has 18 heavy (non-hydrogen) atoms. The Morgan fingerprint density at radius 2 is 2.06 bits per heavy atom. The monoisotopic (exact) mass is 288 g/mol. The van der Waals surface area contributed by atoms with Gasteiger partial charge in [0.1, 0.15) is 5.02 Å². The molecule has 0 amide bonds. The molecule has 1 saturated heterocycles. The lowest BCUT2D eigenvalue weighted by Crippen LogP contribution is -2.29. The Labute approximate surface area is 112 Å². The van der Waals surface area contributed by atoms with Gasteiger partial charge in [-0.15, -0.1) is 0 Å². The fourth-order valence-electron chi connectivity index (χ4n) is 1.92. The van der Waals surface area contributed by atoms with Crippen LogP contribution < -0.4 is 5.32 Å². The third-order valence-electron chi connectivity index (χ3n) is 2.90. The highest BCUT2D eigenvalue weighted by molar-refractivity contribution is 7.85. The molecule has 2 rings (SSSR count). The quantitative estimate of drug-likeness (QED) is 0.685. The fourth-order valence-corrected chi connectivity index (χ4v) is 3.47. The number of nitrogens with zero attached hydrogens (tertiary/aromatic N) is 1. The van der Waals surface area contributed by atoms with Crippen molar-refractivity contribution in [3.8, 4) is 0 Å². The molecule has 1 fully saturated rings. The normalized spacial score (nSPS) is 23.6. The van der Waals surface area contributed by atoms with Crippen molar-refractivity contribution in [2.45, 2.75) is 18.9 Å². The maximum Gasteiger partial charge on any atom is 0.288 e. The van der Waals surface area contributed by atoms with E-state index in [9.17, 15) is 14.3 Å². The van der Waals surface area contributed by atoms with E-state index < -0.39 is 15.7 Å². The maximum atomic E-state index is 11.2. The van der Waals surface area contributed by atoms with E-state index in [2.05, 4.69) is 5.32 Å². The first-order chi connectivity index (χ1) is 8.56. The van der Waals surface area contributed by atoms with Crippen LogP contribution in [0.1, 0.15) is 12.8 Å². The number of rotatable bonds is 3. The van der Waals surface area contributed by atoms with Gasteiger partial charge in [0.25, 0.3) is 5.69 Å². The summed E-state index contributed by atoms with van der Waals surface area (Å²) in [6.07, 6.45) is 1.70. The molecule has 0 aromatic heterocycles. The van der Waals surface area contributed by atoms with E-state index in [0.29, 0.717) is 11.5 Å². The van der Waals surface area contributed by atoms with E-state index in [1.54, 1.807) is 12.1 Å². The van der Waals surface area contributed by atoms with E-state index >= 15 is 0 Å². The Kier molecular flexibility index (Phi) is 4.19. The minimum absolute atomic E-state index is 0.0908. The summed E-state index contributed by atoms with van der Waals surface area (Å²) < 4.78 is 11.2. The second-order valence-electron chi connectivity index (χ2n) is 4.19. The summed E-state index contributed by atoms with van der Waals surface area (Å²) in [5.41, 5.74) is 0.676. The molecular weight excluding hydrogens is 276 g/mol. The lowest BCUT2D eigenvalue weighted by atomic mass is 10.1. The van der Waals surface area contributed by atoms with E-state index in [-0.39, 0.29) is 16.8 Å². The van der Waals surface area contributed by atoms with Gasteiger partial charge in [0.15, 0.2) is 0 Å². The van der Waals surface area contributed by atoms with Crippen molar-refractivity contribution in [2.24, 2.45) is 0 Å². The highest BCUT2D eigenvalue weighted by Gasteiger charge is 2.18. The Balaban J connectivity index is 2.04. The minimum atomic E-state index is -0.689. The molecule has 0 radical (unpaired) electrons. The minimum Gasteiger partial charge on any atom is -0.382 e. The van der Waals surface area contributed by atoms with Gasteiger partial charge in [0.2, 0.25) is 0 Å². The number of halogens is 1. The molecule has 5 nitrogen and oxygen atoms in total. The second kappa shape index (κ2) is 5.67. The molecule has 98 valence electrons. The first kappa shape index (κ1) is 13.3. The molecule has 1 aromatic rings. The Hall–Kier alpha value is -1.14. The summed E-state index contributed by atoms with van der Waals surface area (Å²) in [7, 11) is -0.689. The lowest BCUT2D eigenvalue weighted by molar-refractivity contribution is -0.384. The van der Waals surface area contributed by atoms with Crippen LogP contribution in [0.4, 0.5) is 11.4 Å². The van der Waals surface area contributed by atoms with Crippen LogP contribution >= 0.6 is 11.6 Å². The molecule has 1 N–H and O–H groups in total. The molecule has 1 aromatic carbocycles. The Morgan fingerprint density at radius 3 is 2.61 bits per heavy atom. The number of nitrogens with one attached hydrogen (secondary N) is 1. The molecule has 0 atom stereocenters. The molecule has 1 aliphatic heterocycles. The third-order valence-corrected chi connectivity index (χ3v) is 4.59. The molecule has 0 spiro atoms. The lowest BCUT2D eigenvalue weighted by Gasteiger charge is -2.23. The van der Waals surface area contributed by atoms with Crippen LogP contribution in [0.25, 0.3) is 0 Å². The van der Waals surface area contributed by atoms with Gasteiger partial charge in [0, 0.05) is 40.1 Å². The van der Waals surface area contributed by atoms with Gasteiger partial charge in [-0.05, 0) is 25.0 Å². The predicted octanol–water partition coefficient (Wildman–Crippen LogP) is 2.57. The SMILES string of the molecule is O=[N+]([O-])c1ccc(NC2CCS(=O)CC2)cc1Cl. The summed E-state index contributed by atoms with van der Waals surface area (Å²) >= 11 is 5.83. The van der Waals surface area contributed by atoms with Crippen LogP contribution in [0.15, 0.2) is 18.2 Å². The van der Waals surface area contributed by atoms with E-state index in [4.69, 9.17) is 11.6 Å². The van der Waals surface area contributed by atoms with Crippen LogP contribution in [0.3, 0.4) is 0 Å². The van der Waals surface area contributed by atoms with Crippen LogP contribution in [0.5, 0.6) is 0 Å². The zero-order chi connectivity index (χ0) is 13.1. The fraction of sp³-hybridized carbons (Fsp3) is 0.455. The Bertz CT molecular complexity index is 485. The van der Waals surface area contributed by atoms with Gasteiger partial charge in [-0.2, -0.15) is 0 Å². The number of hydrogen-bond acceptors (Lipinski definition) is 4. The van der Waals surface area contributed by atoms with Gasteiger partial charge in [-0.1, -0.05) is 11.6 Å². The van der Waals surface area contributed by atoms with E-state index in [1.165, 1.54) is 6.07 Å². The average molecular weight is 289 g/mol. The molecule has 0 unspecified atom stereocenters. The average Bonchev–Trinajstić information content (AvgIpc) is 2.32. The largest absolute Gasteiger partial charge is 0.382 e. The van der Waals surface area contributed by atoms with Gasteiger partial charge in [0.05, 0.1) is 4.92 Å². The Morgan fingerprint density at radius 1 is 1.39 bits per heavy atom.